The number of aromatic nitrogens is 1. The van der Waals surface area contributed by atoms with E-state index >= 15 is 0 Å². The van der Waals surface area contributed by atoms with Crippen molar-refractivity contribution < 1.29 is 14.3 Å². The number of carbonyl (C=O) groups is 2. The maximum Gasteiger partial charge on any atom is 0.318 e. The lowest BCUT2D eigenvalue weighted by molar-refractivity contribution is -0.124. The number of thiazole rings is 1. The molecule has 7 nitrogen and oxygen atoms in total. The van der Waals surface area contributed by atoms with E-state index in [1.165, 1.54) is 11.3 Å². The van der Waals surface area contributed by atoms with Gasteiger partial charge in [-0.3, -0.25) is 14.7 Å². The first-order chi connectivity index (χ1) is 12.0. The van der Waals surface area contributed by atoms with E-state index in [0.717, 1.165) is 37.7 Å². The largest absolute Gasteiger partial charge is 0.379 e. The van der Waals surface area contributed by atoms with E-state index in [-0.39, 0.29) is 17.7 Å². The number of nitrogens with zero attached hydrogens (tertiary/aromatic N) is 3. The average Bonchev–Trinajstić information content (AvgIpc) is 3.11. The number of nitrogens with one attached hydrogen (secondary N) is 1. The monoisotopic (exact) mass is 368 g/mol. The van der Waals surface area contributed by atoms with Gasteiger partial charge in [-0.1, -0.05) is 13.8 Å². The highest BCUT2D eigenvalue weighted by Gasteiger charge is 2.25. The molecule has 1 aliphatic heterocycles. The van der Waals surface area contributed by atoms with Gasteiger partial charge in [-0.05, 0) is 6.42 Å². The zero-order chi connectivity index (χ0) is 18.2. The van der Waals surface area contributed by atoms with Gasteiger partial charge in [-0.2, -0.15) is 0 Å². The van der Waals surface area contributed by atoms with Gasteiger partial charge in [-0.25, -0.2) is 4.79 Å². The molecule has 2 rings (SSSR count). The lowest BCUT2D eigenvalue weighted by Gasteiger charge is -2.29. The number of hydrogen-bond acceptors (Lipinski definition) is 6. The number of ketones is 1. The second-order valence-corrected chi connectivity index (χ2v) is 7.60. The standard InChI is InChI=1S/C17H28N4O3S/c1-13(2)16(22)15(4-5-21-6-8-24-9-7-21)19-17(23)20(3)11-14-10-18-12-25-14/h10,12-13,15H,4-9,11H2,1-3H3,(H,19,23). The van der Waals surface area contributed by atoms with Gasteiger partial charge >= 0.3 is 6.03 Å². The van der Waals surface area contributed by atoms with Crippen LogP contribution in [-0.2, 0) is 16.1 Å². The number of hydrogen-bond donors (Lipinski definition) is 1. The Kier molecular flexibility index (Phi) is 7.80. The molecule has 1 atom stereocenters. The molecule has 0 aromatic carbocycles. The minimum atomic E-state index is -0.459. The molecule has 0 saturated carbocycles. The van der Waals surface area contributed by atoms with Crippen LogP contribution in [0.25, 0.3) is 0 Å². The second kappa shape index (κ2) is 9.84. The van der Waals surface area contributed by atoms with E-state index in [1.54, 1.807) is 23.7 Å². The summed E-state index contributed by atoms with van der Waals surface area (Å²) in [5.41, 5.74) is 1.74. The predicted molar refractivity (Wildman–Crippen MR) is 97.6 cm³/mol. The fourth-order valence-electron chi connectivity index (χ4n) is 2.71. The molecule has 0 bridgehead atoms. The first-order valence-electron chi connectivity index (χ1n) is 8.70. The fourth-order valence-corrected chi connectivity index (χ4v) is 3.36. The van der Waals surface area contributed by atoms with Crippen LogP contribution < -0.4 is 5.32 Å². The van der Waals surface area contributed by atoms with Crippen molar-refractivity contribution >= 4 is 23.2 Å². The molecule has 0 aliphatic carbocycles. The Bertz CT molecular complexity index is 544. The van der Waals surface area contributed by atoms with Gasteiger partial charge in [0.2, 0.25) is 0 Å². The summed E-state index contributed by atoms with van der Waals surface area (Å²) in [6, 6.07) is -0.686. The number of carbonyl (C=O) groups excluding carboxylic acids is 2. The van der Waals surface area contributed by atoms with Gasteiger partial charge in [0, 0.05) is 43.7 Å². The van der Waals surface area contributed by atoms with Gasteiger partial charge in [0.1, 0.15) is 0 Å². The van der Waals surface area contributed by atoms with Crippen molar-refractivity contribution in [3.8, 4) is 0 Å². The minimum Gasteiger partial charge on any atom is -0.379 e. The van der Waals surface area contributed by atoms with Crippen LogP contribution >= 0.6 is 11.3 Å². The Morgan fingerprint density at radius 2 is 2.12 bits per heavy atom. The maximum absolute atomic E-state index is 12.5. The number of ether oxygens (including phenoxy) is 1. The lowest BCUT2D eigenvalue weighted by atomic mass is 9.99. The highest BCUT2D eigenvalue weighted by molar-refractivity contribution is 7.09. The third-order valence-electron chi connectivity index (χ3n) is 4.27. The van der Waals surface area contributed by atoms with Crippen LogP contribution in [0.1, 0.15) is 25.1 Å². The zero-order valence-corrected chi connectivity index (χ0v) is 16.1. The Hall–Kier alpha value is -1.51. The van der Waals surface area contributed by atoms with Gasteiger partial charge in [-0.15, -0.1) is 11.3 Å². The summed E-state index contributed by atoms with van der Waals surface area (Å²) in [5.74, 6) is -0.0328. The molecule has 8 heteroatoms. The Balaban J connectivity index is 1.89. The number of urea groups is 1. The third-order valence-corrected chi connectivity index (χ3v) is 5.04. The van der Waals surface area contributed by atoms with E-state index in [2.05, 4.69) is 15.2 Å². The molecule has 1 aromatic heterocycles. The van der Waals surface area contributed by atoms with Crippen molar-refractivity contribution in [1.29, 1.82) is 0 Å². The van der Waals surface area contributed by atoms with E-state index in [4.69, 9.17) is 4.74 Å². The van der Waals surface area contributed by atoms with Crippen molar-refractivity contribution in [2.75, 3.05) is 39.9 Å². The average molecular weight is 369 g/mol. The molecule has 1 N–H and O–H groups in total. The number of morpholine rings is 1. The van der Waals surface area contributed by atoms with Crippen LogP contribution in [0.5, 0.6) is 0 Å². The zero-order valence-electron chi connectivity index (χ0n) is 15.2. The maximum atomic E-state index is 12.5. The molecule has 0 spiro atoms. The summed E-state index contributed by atoms with van der Waals surface area (Å²) >= 11 is 1.51. The van der Waals surface area contributed by atoms with Crippen LogP contribution in [0.4, 0.5) is 4.79 Å². The third kappa shape index (κ3) is 6.37. The van der Waals surface area contributed by atoms with Gasteiger partial charge in [0.25, 0.3) is 0 Å². The van der Waals surface area contributed by atoms with Crippen LogP contribution in [0.3, 0.4) is 0 Å². The molecule has 2 heterocycles. The summed E-state index contributed by atoms with van der Waals surface area (Å²) in [5, 5.41) is 2.91. The lowest BCUT2D eigenvalue weighted by Crippen LogP contribution is -2.49. The summed E-state index contributed by atoms with van der Waals surface area (Å²) in [7, 11) is 1.73. The highest BCUT2D eigenvalue weighted by Crippen LogP contribution is 2.10. The van der Waals surface area contributed by atoms with E-state index in [1.807, 2.05) is 13.8 Å². The molecule has 25 heavy (non-hydrogen) atoms. The smallest absolute Gasteiger partial charge is 0.318 e. The van der Waals surface area contributed by atoms with Gasteiger partial charge < -0.3 is 15.0 Å². The molecule has 0 radical (unpaired) electrons. The normalized spacial score (nSPS) is 16.6. The quantitative estimate of drug-likeness (QED) is 0.754. The molecule has 140 valence electrons. The summed E-state index contributed by atoms with van der Waals surface area (Å²) in [6.07, 6.45) is 2.38. The van der Waals surface area contributed by atoms with E-state index < -0.39 is 6.04 Å². The topological polar surface area (TPSA) is 74.8 Å². The molecule has 1 saturated heterocycles. The molecular weight excluding hydrogens is 340 g/mol. The highest BCUT2D eigenvalue weighted by atomic mass is 32.1. The van der Waals surface area contributed by atoms with Gasteiger partial charge in [0.05, 0.1) is 31.3 Å². The molecule has 1 unspecified atom stereocenters. The Morgan fingerprint density at radius 3 is 2.72 bits per heavy atom. The van der Waals surface area contributed by atoms with Crippen LogP contribution in [0.2, 0.25) is 0 Å². The van der Waals surface area contributed by atoms with Gasteiger partial charge in [0.15, 0.2) is 5.78 Å². The van der Waals surface area contributed by atoms with Crippen molar-refractivity contribution in [2.24, 2.45) is 5.92 Å². The first kappa shape index (κ1) is 19.8. The summed E-state index contributed by atoms with van der Waals surface area (Å²) < 4.78 is 5.35. The van der Waals surface area contributed by atoms with Crippen molar-refractivity contribution in [2.45, 2.75) is 32.9 Å². The molecular formula is C17H28N4O3S. The van der Waals surface area contributed by atoms with Crippen molar-refractivity contribution in [3.05, 3.63) is 16.6 Å². The second-order valence-electron chi connectivity index (χ2n) is 6.63. The molecule has 1 aromatic rings. The molecule has 1 fully saturated rings. The van der Waals surface area contributed by atoms with E-state index in [0.29, 0.717) is 13.0 Å². The predicted octanol–water partition coefficient (Wildman–Crippen LogP) is 1.60. The minimum absolute atomic E-state index is 0.0767. The molecule has 2 amide bonds. The Labute approximate surface area is 153 Å². The SMILES string of the molecule is CC(C)C(=O)C(CCN1CCOCC1)NC(=O)N(C)Cc1cncs1. The van der Waals surface area contributed by atoms with Crippen molar-refractivity contribution in [1.82, 2.24) is 20.1 Å². The number of Topliss-reactive ketones (excluding diaryl/α,β-unsaturated/α-hetero) is 1. The van der Waals surface area contributed by atoms with Crippen LogP contribution in [0.15, 0.2) is 11.7 Å². The van der Waals surface area contributed by atoms with E-state index in [9.17, 15) is 9.59 Å². The molecule has 1 aliphatic rings. The fraction of sp³-hybridized carbons (Fsp3) is 0.706. The number of rotatable bonds is 8. The first-order valence-corrected chi connectivity index (χ1v) is 9.58. The van der Waals surface area contributed by atoms with Crippen LogP contribution in [0, 0.1) is 5.92 Å². The Morgan fingerprint density at radius 1 is 1.40 bits per heavy atom. The van der Waals surface area contributed by atoms with Crippen LogP contribution in [-0.4, -0.2) is 72.5 Å². The summed E-state index contributed by atoms with van der Waals surface area (Å²) in [4.78, 5) is 33.9. The number of amides is 2. The van der Waals surface area contributed by atoms with Crippen molar-refractivity contribution in [3.63, 3.8) is 0 Å². The summed E-state index contributed by atoms with van der Waals surface area (Å²) in [6.45, 7) is 8.23.